The number of nitrogens with zero attached hydrogens (tertiary/aromatic N) is 1. The number of halogens is 2. The number of carbonyl (C=O) groups is 7. The lowest BCUT2D eigenvalue weighted by Crippen LogP contribution is -2.52. The Morgan fingerprint density at radius 2 is 1.12 bits per heavy atom. The van der Waals surface area contributed by atoms with E-state index >= 15 is 0 Å². The highest BCUT2D eigenvalue weighted by Gasteiger charge is 2.66. The van der Waals surface area contributed by atoms with Gasteiger partial charge in [-0.1, -0.05) is 187 Å². The Kier molecular flexibility index (Phi) is 41.9. The third kappa shape index (κ3) is 34.0. The number of ether oxygens (including phenoxy) is 1. The minimum Gasteiger partial charge on any atom is -0.496 e. The molecule has 0 aromatic heterocycles. The molecule has 10 amide bonds. The first kappa shape index (κ1) is 105. The van der Waals surface area contributed by atoms with Gasteiger partial charge in [-0.2, -0.15) is 0 Å². The van der Waals surface area contributed by atoms with E-state index in [1.807, 2.05) is 85.2 Å². The van der Waals surface area contributed by atoms with E-state index in [4.69, 9.17) is 67.5 Å². The first-order valence-electron chi connectivity index (χ1n) is 39.8. The zero-order valence-electron chi connectivity index (χ0n) is 70.8. The van der Waals surface area contributed by atoms with Gasteiger partial charge in [-0.25, -0.2) is 71.7 Å². The molecule has 6 aromatic carbocycles. The van der Waals surface area contributed by atoms with Crippen molar-refractivity contribution in [3.63, 3.8) is 0 Å². The third-order valence-electron chi connectivity index (χ3n) is 20.1. The third-order valence-corrected chi connectivity index (χ3v) is 27.3. The lowest BCUT2D eigenvalue weighted by molar-refractivity contribution is -0.140. The van der Waals surface area contributed by atoms with E-state index < -0.39 is 88.9 Å². The van der Waals surface area contributed by atoms with Crippen molar-refractivity contribution in [2.24, 2.45) is 22.5 Å². The van der Waals surface area contributed by atoms with Crippen LogP contribution in [-0.4, -0.2) is 165 Å². The van der Waals surface area contributed by atoms with Crippen molar-refractivity contribution in [1.29, 1.82) is 10.8 Å². The molecule has 0 spiro atoms. The number of carbonyl (C=O) groups excluding carboxylic acids is 6. The van der Waals surface area contributed by atoms with Crippen molar-refractivity contribution in [2.45, 2.75) is 177 Å². The number of hydrogen-bond acceptors (Lipinski definition) is 22. The number of carboxylic acids is 1. The average molecular weight is 1890 g/mol. The molecule has 0 unspecified atom stereocenters. The Morgan fingerprint density at radius 1 is 0.632 bits per heavy atom. The SMILES string of the molecule is CC(=C\c1ccccc1)/C=C1/SC(=S)N(CC(=O)O)C1=O.CCCCNC(=N)NC(=N)N.CCCCNC(=O)NS(=O)(=O)c1ccc(N)cc1.CCCNC(=O)NS(=O)(=O)c1ccc(Cl)cc1.COc1ccc(Cl)cc1C(=O)NCCc1ccc(S(=O)(=O)NC(=O)NC2CCCCC2)cc1.Cc1ccc(S(=O)(=O)NC(=O)N[C@H]2[C@H]3CC[C@@](C)([C@H]2O)C3(C)C)cc1. The molecule has 0 radical (unpaired) electrons. The van der Waals surface area contributed by atoms with Gasteiger partial charge in [-0.3, -0.25) is 35.4 Å². The number of allylic oxidation sites excluding steroid dienone is 2. The van der Waals surface area contributed by atoms with Crippen molar-refractivity contribution in [3.05, 3.63) is 194 Å². The summed E-state index contributed by atoms with van der Waals surface area (Å²) in [6.45, 7) is 17.5. The molecule has 2 bridgehead atoms. The quantitative estimate of drug-likeness (QED) is 0.00569. The molecule has 3 aliphatic carbocycles. The minimum atomic E-state index is -3.97. The van der Waals surface area contributed by atoms with E-state index in [0.29, 0.717) is 58.0 Å². The monoisotopic (exact) mass is 1880 g/mol. The van der Waals surface area contributed by atoms with Gasteiger partial charge in [0.15, 0.2) is 11.9 Å². The predicted octanol–water partition coefficient (Wildman–Crippen LogP) is 11.3. The molecule has 1 saturated heterocycles. The molecule has 42 heteroatoms. The van der Waals surface area contributed by atoms with Crippen LogP contribution in [0.5, 0.6) is 5.75 Å². The summed E-state index contributed by atoms with van der Waals surface area (Å²) in [6, 6.07) is 34.8. The molecular formula is C83H112Cl2N16O18S6. The summed E-state index contributed by atoms with van der Waals surface area (Å²) in [4.78, 5) is 83.8. The fourth-order valence-corrected chi connectivity index (χ4v) is 18.3. The van der Waals surface area contributed by atoms with Gasteiger partial charge in [0.25, 0.3) is 51.9 Å². The molecule has 6 aromatic rings. The van der Waals surface area contributed by atoms with Crippen molar-refractivity contribution in [3.8, 4) is 5.75 Å². The van der Waals surface area contributed by atoms with E-state index in [-0.39, 0.29) is 70.4 Å². The van der Waals surface area contributed by atoms with Crippen LogP contribution in [0.1, 0.15) is 153 Å². The number of rotatable bonds is 27. The van der Waals surface area contributed by atoms with E-state index in [9.17, 15) is 72.3 Å². The second-order valence-corrected chi connectivity index (χ2v) is 39.1. The molecule has 1 heterocycles. The number of methoxy groups -OCH3 is 1. The Bertz CT molecular complexity index is 5250. The van der Waals surface area contributed by atoms with Gasteiger partial charge in [0, 0.05) is 53.4 Å². The molecule has 682 valence electrons. The minimum absolute atomic E-state index is 0.00209. The van der Waals surface area contributed by atoms with Crippen LogP contribution in [0.4, 0.5) is 24.9 Å². The van der Waals surface area contributed by atoms with Crippen LogP contribution in [0.25, 0.3) is 6.08 Å². The number of hydrogen-bond donors (Lipinski definition) is 17. The summed E-state index contributed by atoms with van der Waals surface area (Å²) in [7, 11) is -14.1. The number of amides is 10. The summed E-state index contributed by atoms with van der Waals surface area (Å²) >= 11 is 17.8. The molecular weight excluding hydrogens is 1770 g/mol. The average Bonchev–Trinajstić information content (AvgIpc) is 1.54. The number of aryl methyl sites for hydroxylation is 1. The number of aliphatic hydroxyl groups excluding tert-OH is 1. The van der Waals surface area contributed by atoms with Crippen molar-refractivity contribution < 1.29 is 82.2 Å². The number of carboxylic acid groups (broad SMARTS) is 1. The fraction of sp³-hybridized carbons (Fsp3) is 0.398. The van der Waals surface area contributed by atoms with Crippen LogP contribution in [0.15, 0.2) is 182 Å². The Hall–Kier alpha value is -10.6. The van der Waals surface area contributed by atoms with Crippen LogP contribution in [0.3, 0.4) is 0 Å². The van der Waals surface area contributed by atoms with Gasteiger partial charge in [-0.15, -0.1) is 0 Å². The number of fused-ring (bicyclic) bond motifs is 2. The topological polar surface area (TPSA) is 541 Å². The van der Waals surface area contributed by atoms with Gasteiger partial charge < -0.3 is 58.3 Å². The number of unbranched alkanes of at least 4 members (excludes halogenated alkanes) is 2. The molecule has 4 atom stereocenters. The number of thiocarbonyl (C=S) groups is 1. The molecule has 3 saturated carbocycles. The molecule has 4 fully saturated rings. The van der Waals surface area contributed by atoms with Gasteiger partial charge in [0.2, 0.25) is 0 Å². The summed E-state index contributed by atoms with van der Waals surface area (Å²) in [5, 5.41) is 52.5. The van der Waals surface area contributed by atoms with Crippen LogP contribution < -0.4 is 72.3 Å². The van der Waals surface area contributed by atoms with Crippen LogP contribution >= 0.6 is 47.2 Å². The number of anilines is 1. The van der Waals surface area contributed by atoms with Gasteiger partial charge in [-0.05, 0) is 190 Å². The largest absolute Gasteiger partial charge is 0.496 e. The smallest absolute Gasteiger partial charge is 0.329 e. The normalized spacial score (nSPS) is 17.2. The standard InChI is InChI=1S/C23H28ClN3O5S.C18H26N2O4S.C15H13NO3S2.C11H17N3O3S.C10H13ClN2O3S.C6H15N5/c1-32-21-12-9-17(24)15-20(21)22(28)25-14-13-16-7-10-19(11-8-16)33(30,31)27-23(29)26-18-5-3-2-4-6-18;1-11-5-7-12(8-6-11)25(23,24)20-16(22)19-14-13-9-10-18(4,15(14)21)17(13,2)3;1-10(7-11-5-3-2-4-6-11)8-12-14(19)16(9-13(17)18)15(20)21-12;1-2-3-8-13-11(15)14-18(16,17)10-6-4-9(12)5-7-10;1-2-7-12-10(14)13-17(15,16)9-5-3-8(11)4-6-9;1-2-3-4-10-6(9)11-5(7)8/h7-12,15,18H,2-6,13-14H2,1H3,(H,25,28)(H2,26,27,29);5-8,13-15,21H,9-10H2,1-4H3,(H2,19,20,22);2-8H,9H2,1H3,(H,17,18);4-7H,2-3,8,12H2,1H3,(H2,13,14,15);3-6H,2,7H2,1H3,(H2,12,13,14);2-4H2,1H3,(H6,7,8,9,10,11)/b;;10-7+,12-8+;;;/t;13-,14+,15+,18+;;;;/m.1..../s1. The first-order valence-corrected chi connectivity index (χ1v) is 47.7. The number of nitrogen functional groups attached to an aromatic ring is 1. The van der Waals surface area contributed by atoms with Gasteiger partial charge in [0.05, 0.1) is 49.3 Å². The van der Waals surface area contributed by atoms with E-state index in [1.165, 1.54) is 86.0 Å². The maximum absolute atomic E-state index is 12.5. The summed E-state index contributed by atoms with van der Waals surface area (Å²) in [6.07, 6.45) is 14.8. The number of nitrogens with one attached hydrogen (secondary N) is 13. The second-order valence-electron chi connectivity index (χ2n) is 29.8. The lowest BCUT2D eigenvalue weighted by Gasteiger charge is -2.37. The number of thioether (sulfide) groups is 1. The zero-order chi connectivity index (χ0) is 93.0. The summed E-state index contributed by atoms with van der Waals surface area (Å²) in [5.41, 5.74) is 14.6. The van der Waals surface area contributed by atoms with Crippen LogP contribution in [0, 0.1) is 34.5 Å². The number of urea groups is 4. The maximum atomic E-state index is 12.5. The van der Waals surface area contributed by atoms with E-state index in [1.54, 1.807) is 42.5 Å². The highest BCUT2D eigenvalue weighted by molar-refractivity contribution is 8.26. The van der Waals surface area contributed by atoms with Crippen molar-refractivity contribution in [1.82, 2.24) is 61.0 Å². The Morgan fingerprint density at radius 3 is 1.62 bits per heavy atom. The van der Waals surface area contributed by atoms with Crippen molar-refractivity contribution in [2.75, 3.05) is 45.6 Å². The Labute approximate surface area is 750 Å². The van der Waals surface area contributed by atoms with Crippen molar-refractivity contribution >= 4 is 157 Å². The summed E-state index contributed by atoms with van der Waals surface area (Å²) in [5.74, 6) is -1.32. The van der Waals surface area contributed by atoms with E-state index in [0.717, 1.165) is 123 Å². The number of sulfonamides is 4. The van der Waals surface area contributed by atoms with E-state index in [2.05, 4.69) is 62.7 Å². The zero-order valence-corrected chi connectivity index (χ0v) is 77.2. The highest BCUT2D eigenvalue weighted by Crippen LogP contribution is 2.65. The van der Waals surface area contributed by atoms with Gasteiger partial charge >= 0.3 is 30.1 Å². The lowest BCUT2D eigenvalue weighted by atomic mass is 9.70. The fourth-order valence-electron chi connectivity index (χ4n) is 13.1. The number of aliphatic carboxylic acids is 1. The Balaban J connectivity index is 0.000000274. The highest BCUT2D eigenvalue weighted by atomic mass is 35.5. The number of benzene rings is 6. The molecule has 34 nitrogen and oxygen atoms in total. The predicted molar refractivity (Wildman–Crippen MR) is 489 cm³/mol. The van der Waals surface area contributed by atoms with Crippen LogP contribution in [0.2, 0.25) is 10.0 Å². The number of guanidine groups is 2. The number of aliphatic hydroxyl groups is 1. The molecule has 10 rings (SSSR count). The number of nitrogens with two attached hydrogens (primary N) is 2. The summed E-state index contributed by atoms with van der Waals surface area (Å²) < 4.78 is 110. The first-order chi connectivity index (χ1) is 58.8. The molecule has 125 heavy (non-hydrogen) atoms. The van der Waals surface area contributed by atoms with Crippen LogP contribution in [-0.2, 0) is 56.1 Å². The van der Waals surface area contributed by atoms with Gasteiger partial charge in [0.1, 0.15) is 16.6 Å². The molecule has 4 aliphatic rings. The maximum Gasteiger partial charge on any atom is 0.329 e. The molecule has 1 aliphatic heterocycles. The second kappa shape index (κ2) is 49.9. The molecule has 19 N–H and O–H groups in total.